The quantitative estimate of drug-likeness (QED) is 0.320. The molecule has 1 N–H and O–H groups in total. The largest absolute Gasteiger partial charge is 0.461 e. The summed E-state index contributed by atoms with van der Waals surface area (Å²) in [7, 11) is 0. The number of hydrogen-bond donors (Lipinski definition) is 1. The fourth-order valence-electron chi connectivity index (χ4n) is 1.91. The molecule has 0 rings (SSSR count). The average molecular weight is 283 g/mol. The summed E-state index contributed by atoms with van der Waals surface area (Å²) in [5, 5.41) is 2.73. The van der Waals surface area contributed by atoms with Crippen molar-refractivity contribution in [2.75, 3.05) is 13.2 Å². The summed E-state index contributed by atoms with van der Waals surface area (Å²) in [5.41, 5.74) is 0. The second-order valence-corrected chi connectivity index (χ2v) is 4.95. The number of amides is 1. The Morgan fingerprint density at radius 3 is 2.25 bits per heavy atom. The minimum Gasteiger partial charge on any atom is -0.461 e. The lowest BCUT2D eigenvalue weighted by Crippen LogP contribution is -2.27. The molecule has 0 aromatic heterocycles. The summed E-state index contributed by atoms with van der Waals surface area (Å²) in [4.78, 5) is 22.2. The van der Waals surface area contributed by atoms with E-state index in [0.717, 1.165) is 18.9 Å². The van der Waals surface area contributed by atoms with E-state index in [2.05, 4.69) is 18.8 Å². The van der Waals surface area contributed by atoms with Gasteiger partial charge in [0.2, 0.25) is 5.91 Å². The number of nitrogens with one attached hydrogen (secondary N) is 1. The first-order valence-electron chi connectivity index (χ1n) is 7.76. The van der Waals surface area contributed by atoms with Crippen LogP contribution in [0.5, 0.6) is 0 Å². The van der Waals surface area contributed by atoms with Crippen LogP contribution in [0, 0.1) is 0 Å². The number of ether oxygens (including phenoxy) is 1. The highest BCUT2D eigenvalue weighted by Crippen LogP contribution is 2.09. The van der Waals surface area contributed by atoms with E-state index in [1.54, 1.807) is 0 Å². The molecule has 0 saturated carbocycles. The Balaban J connectivity index is 3.24. The summed E-state index contributed by atoms with van der Waals surface area (Å²) in [6.45, 7) is 6.09. The lowest BCUT2D eigenvalue weighted by atomic mass is 10.1. The summed E-state index contributed by atoms with van der Waals surface area (Å²) < 4.78 is 4.76. The van der Waals surface area contributed by atoms with Crippen molar-refractivity contribution < 1.29 is 14.3 Å². The third-order valence-corrected chi connectivity index (χ3v) is 3.09. The van der Waals surface area contributed by atoms with Gasteiger partial charge in [0, 0.05) is 12.5 Å². The van der Waals surface area contributed by atoms with Crippen molar-refractivity contribution in [2.45, 2.75) is 64.7 Å². The van der Waals surface area contributed by atoms with E-state index < -0.39 is 5.97 Å². The van der Waals surface area contributed by atoms with Gasteiger partial charge in [0.1, 0.15) is 6.61 Å². The zero-order chi connectivity index (χ0) is 15.1. The van der Waals surface area contributed by atoms with Crippen LogP contribution in [-0.2, 0) is 14.3 Å². The van der Waals surface area contributed by atoms with Crippen molar-refractivity contribution in [1.29, 1.82) is 0 Å². The molecule has 0 saturated heterocycles. The van der Waals surface area contributed by atoms with E-state index in [-0.39, 0.29) is 12.5 Å². The van der Waals surface area contributed by atoms with Gasteiger partial charge in [-0.15, -0.1) is 0 Å². The highest BCUT2D eigenvalue weighted by molar-refractivity contribution is 5.81. The fourth-order valence-corrected chi connectivity index (χ4v) is 1.91. The van der Waals surface area contributed by atoms with Gasteiger partial charge in [-0.3, -0.25) is 4.79 Å². The van der Waals surface area contributed by atoms with Gasteiger partial charge in [-0.05, 0) is 6.42 Å². The van der Waals surface area contributed by atoms with Crippen LogP contribution < -0.4 is 5.32 Å². The first-order valence-corrected chi connectivity index (χ1v) is 7.76. The Morgan fingerprint density at radius 1 is 1.05 bits per heavy atom. The summed E-state index contributed by atoms with van der Waals surface area (Å²) in [5.74, 6) is -0.423. The highest BCUT2D eigenvalue weighted by atomic mass is 16.5. The van der Waals surface area contributed by atoms with Crippen molar-refractivity contribution in [3.63, 3.8) is 0 Å². The molecule has 0 aromatic carbocycles. The van der Waals surface area contributed by atoms with E-state index in [1.165, 1.54) is 38.5 Å². The second-order valence-electron chi connectivity index (χ2n) is 4.95. The Kier molecular flexibility index (Phi) is 13.2. The van der Waals surface area contributed by atoms with E-state index >= 15 is 0 Å². The maximum absolute atomic E-state index is 11.5. The second kappa shape index (κ2) is 14.1. The van der Waals surface area contributed by atoms with E-state index in [9.17, 15) is 9.59 Å². The molecule has 0 unspecified atom stereocenters. The van der Waals surface area contributed by atoms with Crippen LogP contribution in [0.15, 0.2) is 12.7 Å². The molecule has 0 atom stereocenters. The van der Waals surface area contributed by atoms with Crippen LogP contribution in [0.4, 0.5) is 0 Å². The number of unbranched alkanes of at least 4 members (excludes halogenated alkanes) is 7. The smallest absolute Gasteiger partial charge is 0.330 e. The molecule has 0 spiro atoms. The molecule has 0 aliphatic carbocycles. The Bertz CT molecular complexity index is 277. The first-order chi connectivity index (χ1) is 9.70. The minimum absolute atomic E-state index is 0.0330. The van der Waals surface area contributed by atoms with Crippen molar-refractivity contribution in [2.24, 2.45) is 0 Å². The number of carbonyl (C=O) groups is 2. The predicted molar refractivity (Wildman–Crippen MR) is 81.4 cm³/mol. The van der Waals surface area contributed by atoms with Crippen LogP contribution >= 0.6 is 0 Å². The van der Waals surface area contributed by atoms with Crippen LogP contribution in [0.2, 0.25) is 0 Å². The lowest BCUT2D eigenvalue weighted by Gasteiger charge is -2.05. The van der Waals surface area contributed by atoms with Crippen LogP contribution in [0.1, 0.15) is 64.7 Å². The Labute approximate surface area is 123 Å². The maximum Gasteiger partial charge on any atom is 0.330 e. The molecule has 0 radical (unpaired) electrons. The molecule has 0 aliphatic rings. The third-order valence-electron chi connectivity index (χ3n) is 3.09. The van der Waals surface area contributed by atoms with Gasteiger partial charge in [0.15, 0.2) is 0 Å². The molecule has 0 aliphatic heterocycles. The Hall–Kier alpha value is -1.32. The standard InChI is InChI=1S/C16H29NO3/c1-3-5-6-7-8-9-10-11-12-15(18)17-13-14-20-16(19)4-2/h4H,2-3,5-14H2,1H3,(H,17,18). The van der Waals surface area contributed by atoms with Crippen molar-refractivity contribution >= 4 is 11.9 Å². The van der Waals surface area contributed by atoms with Crippen LogP contribution in [0.3, 0.4) is 0 Å². The number of esters is 1. The summed E-state index contributed by atoms with van der Waals surface area (Å²) in [6, 6.07) is 0. The molecule has 4 heteroatoms. The fraction of sp³-hybridized carbons (Fsp3) is 0.750. The van der Waals surface area contributed by atoms with Gasteiger partial charge < -0.3 is 10.1 Å². The van der Waals surface area contributed by atoms with E-state index in [4.69, 9.17) is 4.74 Å². The minimum atomic E-state index is -0.456. The molecule has 0 fully saturated rings. The maximum atomic E-state index is 11.5. The normalized spacial score (nSPS) is 10.1. The number of carbonyl (C=O) groups excluding carboxylic acids is 2. The van der Waals surface area contributed by atoms with Gasteiger partial charge in [0.05, 0.1) is 6.54 Å². The molecule has 20 heavy (non-hydrogen) atoms. The van der Waals surface area contributed by atoms with Crippen LogP contribution in [-0.4, -0.2) is 25.0 Å². The topological polar surface area (TPSA) is 55.4 Å². The zero-order valence-corrected chi connectivity index (χ0v) is 12.8. The number of rotatable bonds is 13. The molecule has 116 valence electrons. The monoisotopic (exact) mass is 283 g/mol. The highest BCUT2D eigenvalue weighted by Gasteiger charge is 2.01. The molecular formula is C16H29NO3. The first kappa shape index (κ1) is 18.7. The predicted octanol–water partition coefficient (Wildman–Crippen LogP) is 3.36. The summed E-state index contributed by atoms with van der Waals surface area (Å²) in [6.07, 6.45) is 11.5. The molecule has 1 amide bonds. The number of hydrogen-bond acceptors (Lipinski definition) is 3. The van der Waals surface area contributed by atoms with Crippen molar-refractivity contribution in [3.8, 4) is 0 Å². The third kappa shape index (κ3) is 13.1. The van der Waals surface area contributed by atoms with Gasteiger partial charge in [-0.2, -0.15) is 0 Å². The van der Waals surface area contributed by atoms with Gasteiger partial charge in [-0.1, -0.05) is 58.4 Å². The molecule has 4 nitrogen and oxygen atoms in total. The SMILES string of the molecule is C=CC(=O)OCCNC(=O)CCCCCCCCCC. The van der Waals surface area contributed by atoms with E-state index in [0.29, 0.717) is 13.0 Å². The molecular weight excluding hydrogens is 254 g/mol. The van der Waals surface area contributed by atoms with Gasteiger partial charge >= 0.3 is 5.97 Å². The lowest BCUT2D eigenvalue weighted by molar-refractivity contribution is -0.138. The molecule has 0 aromatic rings. The molecule has 0 bridgehead atoms. The van der Waals surface area contributed by atoms with E-state index in [1.807, 2.05) is 0 Å². The summed E-state index contributed by atoms with van der Waals surface area (Å²) >= 11 is 0. The zero-order valence-electron chi connectivity index (χ0n) is 12.8. The van der Waals surface area contributed by atoms with Gasteiger partial charge in [0.25, 0.3) is 0 Å². The molecule has 0 heterocycles. The Morgan fingerprint density at radius 2 is 1.65 bits per heavy atom. The van der Waals surface area contributed by atoms with Crippen LogP contribution in [0.25, 0.3) is 0 Å². The average Bonchev–Trinajstić information content (AvgIpc) is 2.46. The van der Waals surface area contributed by atoms with Gasteiger partial charge in [-0.25, -0.2) is 4.79 Å². The van der Waals surface area contributed by atoms with Crippen molar-refractivity contribution in [1.82, 2.24) is 5.32 Å². The van der Waals surface area contributed by atoms with Crippen molar-refractivity contribution in [3.05, 3.63) is 12.7 Å².